The van der Waals surface area contributed by atoms with Crippen molar-refractivity contribution in [2.24, 2.45) is 5.92 Å². The van der Waals surface area contributed by atoms with E-state index in [4.69, 9.17) is 4.74 Å². The number of hydrogen-bond donors (Lipinski definition) is 1. The number of hydrogen-bond acceptors (Lipinski definition) is 3. The van der Waals surface area contributed by atoms with Gasteiger partial charge in [-0.25, -0.2) is 4.79 Å². The van der Waals surface area contributed by atoms with E-state index in [9.17, 15) is 9.59 Å². The van der Waals surface area contributed by atoms with Crippen molar-refractivity contribution < 1.29 is 14.3 Å². The van der Waals surface area contributed by atoms with E-state index in [1.165, 1.54) is 6.42 Å². The van der Waals surface area contributed by atoms with E-state index in [2.05, 4.69) is 21.2 Å². The van der Waals surface area contributed by atoms with Crippen LogP contribution in [-0.2, 0) is 14.3 Å². The quantitative estimate of drug-likeness (QED) is 0.546. The zero-order valence-corrected chi connectivity index (χ0v) is 14.9. The molecule has 0 radical (unpaired) electrons. The molecule has 2 saturated carbocycles. The zero-order valence-electron chi connectivity index (χ0n) is 13.3. The average Bonchev–Trinajstić information content (AvgIpc) is 3.04. The highest BCUT2D eigenvalue weighted by atomic mass is 79.9. The standard InChI is InChI=1S/C17H28BrNO3/c18-12-6-11-15(20)19-16(13-7-2-1-3-8-13)17(21)22-14-9-4-5-10-14/h13-14,16H,1-12H2,(H,19,20)/t16-/m1/s1. The third-order valence-corrected chi connectivity index (χ3v) is 5.37. The number of esters is 1. The summed E-state index contributed by atoms with van der Waals surface area (Å²) in [4.78, 5) is 24.6. The van der Waals surface area contributed by atoms with Crippen LogP contribution in [0, 0.1) is 5.92 Å². The minimum atomic E-state index is -0.441. The number of carbonyl (C=O) groups is 2. The van der Waals surface area contributed by atoms with Crippen LogP contribution in [0.5, 0.6) is 0 Å². The van der Waals surface area contributed by atoms with E-state index >= 15 is 0 Å². The summed E-state index contributed by atoms with van der Waals surface area (Å²) in [6.45, 7) is 0. The summed E-state index contributed by atoms with van der Waals surface area (Å²) < 4.78 is 5.67. The molecule has 22 heavy (non-hydrogen) atoms. The summed E-state index contributed by atoms with van der Waals surface area (Å²) in [7, 11) is 0. The smallest absolute Gasteiger partial charge is 0.329 e. The Hall–Kier alpha value is -0.580. The number of alkyl halides is 1. The van der Waals surface area contributed by atoms with E-state index < -0.39 is 6.04 Å². The van der Waals surface area contributed by atoms with Crippen molar-refractivity contribution in [3.63, 3.8) is 0 Å². The Kier molecular flexibility index (Phi) is 7.70. The van der Waals surface area contributed by atoms with Crippen LogP contribution in [0.25, 0.3) is 0 Å². The highest BCUT2D eigenvalue weighted by molar-refractivity contribution is 9.09. The van der Waals surface area contributed by atoms with Crippen LogP contribution in [0.1, 0.15) is 70.6 Å². The van der Waals surface area contributed by atoms with Crippen molar-refractivity contribution in [2.45, 2.75) is 82.8 Å². The first-order chi connectivity index (χ1) is 10.7. The fourth-order valence-corrected chi connectivity index (χ4v) is 3.83. The molecule has 126 valence electrons. The lowest BCUT2D eigenvalue weighted by molar-refractivity contribution is -0.154. The zero-order chi connectivity index (χ0) is 15.8. The first-order valence-corrected chi connectivity index (χ1v) is 9.88. The van der Waals surface area contributed by atoms with Gasteiger partial charge in [-0.05, 0) is 50.9 Å². The van der Waals surface area contributed by atoms with E-state index in [0.29, 0.717) is 6.42 Å². The van der Waals surface area contributed by atoms with Gasteiger partial charge in [-0.2, -0.15) is 0 Å². The van der Waals surface area contributed by atoms with Gasteiger partial charge in [-0.1, -0.05) is 35.2 Å². The SMILES string of the molecule is O=C(CCCBr)N[C@@H](C(=O)OC1CCCC1)C1CCCCC1. The van der Waals surface area contributed by atoms with E-state index in [-0.39, 0.29) is 23.9 Å². The molecule has 0 aromatic carbocycles. The van der Waals surface area contributed by atoms with Crippen molar-refractivity contribution >= 4 is 27.8 Å². The second-order valence-electron chi connectivity index (χ2n) is 6.58. The van der Waals surface area contributed by atoms with Crippen molar-refractivity contribution in [2.75, 3.05) is 5.33 Å². The molecule has 0 spiro atoms. The minimum Gasteiger partial charge on any atom is -0.461 e. The van der Waals surface area contributed by atoms with Gasteiger partial charge in [-0.15, -0.1) is 0 Å². The average molecular weight is 374 g/mol. The van der Waals surface area contributed by atoms with Gasteiger partial charge in [0.05, 0.1) is 0 Å². The number of halogens is 1. The van der Waals surface area contributed by atoms with E-state index in [1.807, 2.05) is 0 Å². The maximum Gasteiger partial charge on any atom is 0.329 e. The highest BCUT2D eigenvalue weighted by Gasteiger charge is 2.33. The second kappa shape index (κ2) is 9.53. The first-order valence-electron chi connectivity index (χ1n) is 8.76. The Morgan fingerprint density at radius 3 is 2.32 bits per heavy atom. The summed E-state index contributed by atoms with van der Waals surface area (Å²) in [5.74, 6) is 0.0139. The van der Waals surface area contributed by atoms with Crippen molar-refractivity contribution in [3.8, 4) is 0 Å². The van der Waals surface area contributed by atoms with Crippen LogP contribution in [0.4, 0.5) is 0 Å². The lowest BCUT2D eigenvalue weighted by Gasteiger charge is -2.30. The van der Waals surface area contributed by atoms with Gasteiger partial charge in [0.15, 0.2) is 0 Å². The Bertz CT molecular complexity index is 363. The molecule has 1 amide bonds. The summed E-state index contributed by atoms with van der Waals surface area (Å²) in [5, 5.41) is 3.77. The Balaban J connectivity index is 1.92. The molecule has 1 atom stereocenters. The molecule has 2 rings (SSSR count). The fraction of sp³-hybridized carbons (Fsp3) is 0.882. The Morgan fingerprint density at radius 1 is 1.05 bits per heavy atom. The number of carbonyl (C=O) groups excluding carboxylic acids is 2. The van der Waals surface area contributed by atoms with Crippen molar-refractivity contribution in [1.82, 2.24) is 5.32 Å². The molecule has 0 unspecified atom stereocenters. The van der Waals surface area contributed by atoms with Gasteiger partial charge in [0.2, 0.25) is 5.91 Å². The fourth-order valence-electron chi connectivity index (χ4n) is 3.55. The van der Waals surface area contributed by atoms with Crippen LogP contribution >= 0.6 is 15.9 Å². The van der Waals surface area contributed by atoms with Gasteiger partial charge >= 0.3 is 5.97 Å². The number of rotatable bonds is 7. The highest BCUT2D eigenvalue weighted by Crippen LogP contribution is 2.28. The van der Waals surface area contributed by atoms with Crippen LogP contribution in [0.2, 0.25) is 0 Å². The molecule has 5 heteroatoms. The molecule has 0 heterocycles. The van der Waals surface area contributed by atoms with Crippen LogP contribution < -0.4 is 5.32 Å². The third kappa shape index (κ3) is 5.56. The topological polar surface area (TPSA) is 55.4 Å². The summed E-state index contributed by atoms with van der Waals surface area (Å²) in [6.07, 6.45) is 11.1. The molecule has 2 fully saturated rings. The molecule has 1 N–H and O–H groups in total. The Morgan fingerprint density at radius 2 is 1.68 bits per heavy atom. The number of nitrogens with one attached hydrogen (secondary N) is 1. The van der Waals surface area contributed by atoms with Crippen LogP contribution in [0.15, 0.2) is 0 Å². The molecule has 0 bridgehead atoms. The van der Waals surface area contributed by atoms with Crippen molar-refractivity contribution in [3.05, 3.63) is 0 Å². The van der Waals surface area contributed by atoms with Crippen LogP contribution in [0.3, 0.4) is 0 Å². The molecule has 0 aromatic heterocycles. The second-order valence-corrected chi connectivity index (χ2v) is 7.37. The molecule has 0 aliphatic heterocycles. The number of ether oxygens (including phenoxy) is 1. The molecule has 2 aliphatic rings. The molecule has 0 aromatic rings. The van der Waals surface area contributed by atoms with E-state index in [0.717, 1.165) is 63.1 Å². The minimum absolute atomic E-state index is 0.0293. The number of amides is 1. The molecule has 0 saturated heterocycles. The lowest BCUT2D eigenvalue weighted by atomic mass is 9.83. The molecule has 4 nitrogen and oxygen atoms in total. The largest absolute Gasteiger partial charge is 0.461 e. The Labute approximate surface area is 141 Å². The molecule has 2 aliphatic carbocycles. The monoisotopic (exact) mass is 373 g/mol. The van der Waals surface area contributed by atoms with Gasteiger partial charge in [0.1, 0.15) is 12.1 Å². The third-order valence-electron chi connectivity index (χ3n) is 4.81. The predicted molar refractivity (Wildman–Crippen MR) is 89.9 cm³/mol. The maximum atomic E-state index is 12.6. The maximum absolute atomic E-state index is 12.6. The predicted octanol–water partition coefficient (Wildman–Crippen LogP) is 3.71. The van der Waals surface area contributed by atoms with E-state index in [1.54, 1.807) is 0 Å². The van der Waals surface area contributed by atoms with Crippen LogP contribution in [-0.4, -0.2) is 29.4 Å². The normalized spacial score (nSPS) is 21.5. The summed E-state index contributed by atoms with van der Waals surface area (Å²) >= 11 is 3.34. The first kappa shape index (κ1) is 17.8. The summed E-state index contributed by atoms with van der Waals surface area (Å²) in [6, 6.07) is -0.441. The summed E-state index contributed by atoms with van der Waals surface area (Å²) in [5.41, 5.74) is 0. The molecular weight excluding hydrogens is 346 g/mol. The van der Waals surface area contributed by atoms with Gasteiger partial charge in [0.25, 0.3) is 0 Å². The van der Waals surface area contributed by atoms with Gasteiger partial charge < -0.3 is 10.1 Å². The van der Waals surface area contributed by atoms with Gasteiger partial charge in [0, 0.05) is 11.8 Å². The lowest BCUT2D eigenvalue weighted by Crippen LogP contribution is -2.48. The molecular formula is C17H28BrNO3. The van der Waals surface area contributed by atoms with Gasteiger partial charge in [-0.3, -0.25) is 4.79 Å². The van der Waals surface area contributed by atoms with Crippen molar-refractivity contribution in [1.29, 1.82) is 0 Å².